The van der Waals surface area contributed by atoms with Gasteiger partial charge in [0.25, 0.3) is 0 Å². The molecular weight excluding hydrogens is 254 g/mol. The summed E-state index contributed by atoms with van der Waals surface area (Å²) < 4.78 is 6.40. The third-order valence-corrected chi connectivity index (χ3v) is 2.95. The Hall–Kier alpha value is -1.77. The third kappa shape index (κ3) is 2.65. The van der Waals surface area contributed by atoms with E-state index >= 15 is 0 Å². The molecular formula is C11H15N3O5. The Morgan fingerprint density at radius 3 is 2.79 bits per heavy atom. The summed E-state index contributed by atoms with van der Waals surface area (Å²) in [6, 6.07) is 1.38. The number of nitrogens with zero attached hydrogens (tertiary/aromatic N) is 2. The maximum Gasteiger partial charge on any atom is 0.351 e. The minimum absolute atomic E-state index is 0.0358. The van der Waals surface area contributed by atoms with Crippen LogP contribution in [0.3, 0.4) is 0 Å². The van der Waals surface area contributed by atoms with Crippen LogP contribution in [0, 0.1) is 0 Å². The zero-order valence-electron chi connectivity index (χ0n) is 10.3. The largest absolute Gasteiger partial charge is 0.388 e. The van der Waals surface area contributed by atoms with E-state index in [-0.39, 0.29) is 18.0 Å². The number of carbonyl (C=O) groups is 1. The van der Waals surface area contributed by atoms with Crippen LogP contribution in [0.4, 0.5) is 5.82 Å². The molecule has 4 atom stereocenters. The van der Waals surface area contributed by atoms with Crippen molar-refractivity contribution in [3.63, 3.8) is 0 Å². The third-order valence-electron chi connectivity index (χ3n) is 2.95. The molecule has 8 heteroatoms. The molecule has 0 aromatic carbocycles. The summed E-state index contributed by atoms with van der Waals surface area (Å²) in [5.41, 5.74) is 4.66. The van der Waals surface area contributed by atoms with Gasteiger partial charge in [-0.15, -0.1) is 0 Å². The molecule has 0 aliphatic carbocycles. The highest BCUT2D eigenvalue weighted by molar-refractivity contribution is 5.76. The maximum absolute atomic E-state index is 11.6. The average molecular weight is 269 g/mol. The SMILES string of the molecule is CC(=O)CC1OC(n2ccc(N)nc2=O)C(O)C1O. The van der Waals surface area contributed by atoms with Gasteiger partial charge in [-0.3, -0.25) is 9.36 Å². The second-order valence-corrected chi connectivity index (χ2v) is 4.49. The van der Waals surface area contributed by atoms with Gasteiger partial charge in [0.15, 0.2) is 6.23 Å². The first-order valence-electron chi connectivity index (χ1n) is 5.76. The molecule has 2 heterocycles. The number of aliphatic hydroxyl groups excluding tert-OH is 2. The summed E-state index contributed by atoms with van der Waals surface area (Å²) in [7, 11) is 0. The molecule has 0 saturated carbocycles. The van der Waals surface area contributed by atoms with Crippen molar-refractivity contribution in [1.82, 2.24) is 9.55 Å². The second kappa shape index (κ2) is 5.08. The van der Waals surface area contributed by atoms with Crippen LogP contribution < -0.4 is 11.4 Å². The molecule has 1 aliphatic rings. The fourth-order valence-corrected chi connectivity index (χ4v) is 2.03. The van der Waals surface area contributed by atoms with E-state index in [4.69, 9.17) is 10.5 Å². The predicted octanol–water partition coefficient (Wildman–Crippen LogP) is -1.58. The van der Waals surface area contributed by atoms with Crippen LogP contribution in [0.25, 0.3) is 0 Å². The standard InChI is InChI=1S/C11H15N3O5/c1-5(15)4-6-8(16)9(17)10(19-6)14-3-2-7(12)13-11(14)18/h2-3,6,8-10,16-17H,4H2,1H3,(H2,12,13,18). The maximum atomic E-state index is 11.6. The van der Waals surface area contributed by atoms with Crippen LogP contribution in [0.2, 0.25) is 0 Å². The Labute approximate surface area is 108 Å². The van der Waals surface area contributed by atoms with Crippen LogP contribution in [-0.4, -0.2) is 43.9 Å². The van der Waals surface area contributed by atoms with E-state index in [1.54, 1.807) is 0 Å². The number of rotatable bonds is 3. The first-order valence-corrected chi connectivity index (χ1v) is 5.76. The van der Waals surface area contributed by atoms with Crippen molar-refractivity contribution < 1.29 is 19.7 Å². The molecule has 0 amide bonds. The van der Waals surface area contributed by atoms with Crippen molar-refractivity contribution in [2.45, 2.75) is 37.9 Å². The topological polar surface area (TPSA) is 128 Å². The monoisotopic (exact) mass is 269 g/mol. The van der Waals surface area contributed by atoms with Crippen molar-refractivity contribution in [3.8, 4) is 0 Å². The molecule has 1 fully saturated rings. The summed E-state index contributed by atoms with van der Waals surface area (Å²) in [5.74, 6) is -0.130. The van der Waals surface area contributed by atoms with E-state index in [1.807, 2.05) is 0 Å². The molecule has 1 aromatic rings. The fraction of sp³-hybridized carbons (Fsp3) is 0.545. The highest BCUT2D eigenvalue weighted by atomic mass is 16.6. The van der Waals surface area contributed by atoms with E-state index in [2.05, 4.69) is 4.98 Å². The zero-order valence-corrected chi connectivity index (χ0v) is 10.3. The van der Waals surface area contributed by atoms with Gasteiger partial charge in [-0.1, -0.05) is 0 Å². The van der Waals surface area contributed by atoms with Gasteiger partial charge in [-0.2, -0.15) is 4.98 Å². The van der Waals surface area contributed by atoms with Crippen molar-refractivity contribution in [2.75, 3.05) is 5.73 Å². The van der Waals surface area contributed by atoms with Crippen LogP contribution in [-0.2, 0) is 9.53 Å². The quantitative estimate of drug-likeness (QED) is 0.604. The van der Waals surface area contributed by atoms with Crippen molar-refractivity contribution in [3.05, 3.63) is 22.7 Å². The van der Waals surface area contributed by atoms with Gasteiger partial charge in [0.2, 0.25) is 0 Å². The number of Topliss-reactive ketones (excluding diaryl/α,β-unsaturated/α-hetero) is 1. The lowest BCUT2D eigenvalue weighted by Crippen LogP contribution is -2.35. The molecule has 19 heavy (non-hydrogen) atoms. The molecule has 1 aromatic heterocycles. The fourth-order valence-electron chi connectivity index (χ4n) is 2.03. The average Bonchev–Trinajstić information content (AvgIpc) is 2.57. The molecule has 4 N–H and O–H groups in total. The smallest absolute Gasteiger partial charge is 0.351 e. The lowest BCUT2D eigenvalue weighted by atomic mass is 10.1. The van der Waals surface area contributed by atoms with Gasteiger partial charge in [0, 0.05) is 12.6 Å². The van der Waals surface area contributed by atoms with E-state index in [9.17, 15) is 19.8 Å². The highest BCUT2D eigenvalue weighted by Crippen LogP contribution is 2.30. The molecule has 1 saturated heterocycles. The number of nitrogens with two attached hydrogens (primary N) is 1. The molecule has 8 nitrogen and oxygen atoms in total. The number of ketones is 1. The van der Waals surface area contributed by atoms with Crippen molar-refractivity contribution in [1.29, 1.82) is 0 Å². The number of hydrogen-bond acceptors (Lipinski definition) is 7. The number of aliphatic hydroxyl groups is 2. The molecule has 4 unspecified atom stereocenters. The summed E-state index contributed by atoms with van der Waals surface area (Å²) >= 11 is 0. The molecule has 0 radical (unpaired) electrons. The predicted molar refractivity (Wildman–Crippen MR) is 64.1 cm³/mol. The molecule has 2 rings (SSSR count). The normalized spacial score (nSPS) is 30.5. The van der Waals surface area contributed by atoms with Gasteiger partial charge >= 0.3 is 5.69 Å². The lowest BCUT2D eigenvalue weighted by molar-refractivity contribution is -0.121. The Morgan fingerprint density at radius 1 is 1.53 bits per heavy atom. The van der Waals surface area contributed by atoms with E-state index in [0.29, 0.717) is 0 Å². The number of ether oxygens (including phenoxy) is 1. The minimum atomic E-state index is -1.31. The van der Waals surface area contributed by atoms with Crippen LogP contribution >= 0.6 is 0 Å². The Morgan fingerprint density at radius 2 is 2.21 bits per heavy atom. The van der Waals surface area contributed by atoms with Gasteiger partial charge in [0.05, 0.1) is 6.10 Å². The second-order valence-electron chi connectivity index (χ2n) is 4.49. The van der Waals surface area contributed by atoms with E-state index < -0.39 is 30.2 Å². The van der Waals surface area contributed by atoms with Gasteiger partial charge in [-0.25, -0.2) is 4.79 Å². The number of aromatic nitrogens is 2. The summed E-state index contributed by atoms with van der Waals surface area (Å²) in [6.45, 7) is 1.35. The number of hydrogen-bond donors (Lipinski definition) is 3. The van der Waals surface area contributed by atoms with Gasteiger partial charge in [-0.05, 0) is 13.0 Å². The molecule has 0 spiro atoms. The molecule has 104 valence electrons. The minimum Gasteiger partial charge on any atom is -0.388 e. The number of carbonyl (C=O) groups excluding carboxylic acids is 1. The first kappa shape index (κ1) is 13.7. The first-order chi connectivity index (χ1) is 8.90. The molecule has 0 bridgehead atoms. The van der Waals surface area contributed by atoms with Crippen molar-refractivity contribution in [2.24, 2.45) is 0 Å². The lowest BCUT2D eigenvalue weighted by Gasteiger charge is -2.16. The highest BCUT2D eigenvalue weighted by Gasteiger charge is 2.44. The summed E-state index contributed by atoms with van der Waals surface area (Å²) in [6.07, 6.45) is -3.19. The van der Waals surface area contributed by atoms with Crippen LogP contribution in [0.15, 0.2) is 17.1 Å². The van der Waals surface area contributed by atoms with Gasteiger partial charge < -0.3 is 20.7 Å². The zero-order chi connectivity index (χ0) is 14.2. The Bertz CT molecular complexity index is 543. The Balaban J connectivity index is 2.26. The van der Waals surface area contributed by atoms with E-state index in [1.165, 1.54) is 19.2 Å². The molecule has 1 aliphatic heterocycles. The Kier molecular flexibility index (Phi) is 3.65. The number of nitrogen functional groups attached to an aromatic ring is 1. The summed E-state index contributed by atoms with van der Waals surface area (Å²) in [4.78, 5) is 26.2. The van der Waals surface area contributed by atoms with E-state index in [0.717, 1.165) is 4.57 Å². The van der Waals surface area contributed by atoms with Gasteiger partial charge in [0.1, 0.15) is 23.8 Å². The summed E-state index contributed by atoms with van der Waals surface area (Å²) in [5, 5.41) is 19.7. The van der Waals surface area contributed by atoms with Crippen LogP contribution in [0.5, 0.6) is 0 Å². The van der Waals surface area contributed by atoms with Crippen molar-refractivity contribution >= 4 is 11.6 Å². The van der Waals surface area contributed by atoms with Crippen LogP contribution in [0.1, 0.15) is 19.6 Å². The number of anilines is 1.